The number of ether oxygens (including phenoxy) is 2. The van der Waals surface area contributed by atoms with Crippen molar-refractivity contribution in [3.05, 3.63) is 23.8 Å². The van der Waals surface area contributed by atoms with Gasteiger partial charge in [0.1, 0.15) is 0 Å². The van der Waals surface area contributed by atoms with E-state index in [1.807, 2.05) is 19.2 Å². The van der Waals surface area contributed by atoms with E-state index in [4.69, 9.17) is 9.47 Å². The molecule has 1 aromatic carbocycles. The Bertz CT molecular complexity index is 356. The molecule has 0 spiro atoms. The van der Waals surface area contributed by atoms with E-state index in [2.05, 4.69) is 23.6 Å². The molecule has 0 heterocycles. The molecule has 0 bridgehead atoms. The minimum Gasteiger partial charge on any atom is -0.493 e. The van der Waals surface area contributed by atoms with Gasteiger partial charge in [-0.15, -0.1) is 0 Å². The largest absolute Gasteiger partial charge is 0.493 e. The summed E-state index contributed by atoms with van der Waals surface area (Å²) in [6.45, 7) is 5.72. The van der Waals surface area contributed by atoms with Gasteiger partial charge in [0.05, 0.1) is 13.7 Å². The molecule has 4 nitrogen and oxygen atoms in total. The Morgan fingerprint density at radius 1 is 1.16 bits per heavy atom. The first-order chi connectivity index (χ1) is 9.31. The first-order valence-corrected chi connectivity index (χ1v) is 6.96. The number of nitrogens with one attached hydrogen (secondary N) is 2. The normalized spacial score (nSPS) is 10.5. The van der Waals surface area contributed by atoms with Gasteiger partial charge in [-0.2, -0.15) is 0 Å². The fraction of sp³-hybridized carbons (Fsp3) is 0.600. The van der Waals surface area contributed by atoms with Crippen LogP contribution >= 0.6 is 0 Å². The Labute approximate surface area is 116 Å². The molecule has 19 heavy (non-hydrogen) atoms. The van der Waals surface area contributed by atoms with Crippen LogP contribution in [0.1, 0.15) is 25.3 Å². The highest BCUT2D eigenvalue weighted by molar-refractivity contribution is 5.42. The zero-order valence-electron chi connectivity index (χ0n) is 12.3. The van der Waals surface area contributed by atoms with Crippen molar-refractivity contribution >= 4 is 0 Å². The summed E-state index contributed by atoms with van der Waals surface area (Å²) in [7, 11) is 3.65. The Hall–Kier alpha value is -1.26. The fourth-order valence-electron chi connectivity index (χ4n) is 1.78. The molecule has 0 radical (unpaired) electrons. The molecule has 2 N–H and O–H groups in total. The second-order valence-corrected chi connectivity index (χ2v) is 4.47. The number of methoxy groups -OCH3 is 1. The molecule has 0 saturated carbocycles. The van der Waals surface area contributed by atoms with Gasteiger partial charge in [-0.05, 0) is 50.7 Å². The van der Waals surface area contributed by atoms with Crippen LogP contribution in [0.5, 0.6) is 11.5 Å². The van der Waals surface area contributed by atoms with Crippen LogP contribution in [0.3, 0.4) is 0 Å². The quantitative estimate of drug-likeness (QED) is 0.637. The molecule has 108 valence electrons. The Kier molecular flexibility index (Phi) is 8.02. The lowest BCUT2D eigenvalue weighted by Crippen LogP contribution is -2.19. The number of hydrogen-bond donors (Lipinski definition) is 2. The lowest BCUT2D eigenvalue weighted by Gasteiger charge is -2.12. The predicted molar refractivity (Wildman–Crippen MR) is 79.0 cm³/mol. The van der Waals surface area contributed by atoms with Crippen molar-refractivity contribution in [3.8, 4) is 11.5 Å². The third kappa shape index (κ3) is 5.94. The molecule has 0 aromatic heterocycles. The van der Waals surface area contributed by atoms with Gasteiger partial charge in [0.25, 0.3) is 0 Å². The van der Waals surface area contributed by atoms with Crippen LogP contribution in [0, 0.1) is 0 Å². The van der Waals surface area contributed by atoms with Gasteiger partial charge >= 0.3 is 0 Å². The molecule has 1 rings (SSSR count). The van der Waals surface area contributed by atoms with E-state index in [1.165, 1.54) is 5.56 Å². The van der Waals surface area contributed by atoms with E-state index in [-0.39, 0.29) is 0 Å². The van der Waals surface area contributed by atoms with Crippen LogP contribution in [0.2, 0.25) is 0 Å². The summed E-state index contributed by atoms with van der Waals surface area (Å²) in [5.41, 5.74) is 1.21. The molecule has 0 saturated heterocycles. The summed E-state index contributed by atoms with van der Waals surface area (Å²) in [5.74, 6) is 1.63. The molecule has 0 aliphatic heterocycles. The summed E-state index contributed by atoms with van der Waals surface area (Å²) in [6, 6.07) is 6.10. The number of benzene rings is 1. The Morgan fingerprint density at radius 2 is 2.00 bits per heavy atom. The summed E-state index contributed by atoms with van der Waals surface area (Å²) in [4.78, 5) is 0. The van der Waals surface area contributed by atoms with E-state index >= 15 is 0 Å². The van der Waals surface area contributed by atoms with Crippen molar-refractivity contribution in [2.45, 2.75) is 26.3 Å². The van der Waals surface area contributed by atoms with Gasteiger partial charge in [0, 0.05) is 6.54 Å². The maximum absolute atomic E-state index is 5.64. The molecular formula is C15H26N2O2. The van der Waals surface area contributed by atoms with Gasteiger partial charge in [0.15, 0.2) is 11.5 Å². The second kappa shape index (κ2) is 9.64. The van der Waals surface area contributed by atoms with Crippen molar-refractivity contribution < 1.29 is 9.47 Å². The van der Waals surface area contributed by atoms with E-state index < -0.39 is 0 Å². The number of hydrogen-bond acceptors (Lipinski definition) is 4. The monoisotopic (exact) mass is 266 g/mol. The molecule has 0 fully saturated rings. The molecule has 1 aromatic rings. The minimum atomic E-state index is 0.720. The predicted octanol–water partition coefficient (Wildman–Crippen LogP) is 2.18. The van der Waals surface area contributed by atoms with Crippen LogP contribution < -0.4 is 20.1 Å². The smallest absolute Gasteiger partial charge is 0.161 e. The second-order valence-electron chi connectivity index (χ2n) is 4.47. The van der Waals surface area contributed by atoms with Crippen LogP contribution in [-0.4, -0.2) is 33.9 Å². The number of rotatable bonds is 10. The third-order valence-corrected chi connectivity index (χ3v) is 2.80. The molecule has 0 amide bonds. The fourth-order valence-corrected chi connectivity index (χ4v) is 1.78. The molecule has 0 unspecified atom stereocenters. The minimum absolute atomic E-state index is 0.720. The zero-order valence-corrected chi connectivity index (χ0v) is 12.3. The maximum Gasteiger partial charge on any atom is 0.161 e. The first-order valence-electron chi connectivity index (χ1n) is 6.96. The molecular weight excluding hydrogens is 240 g/mol. The van der Waals surface area contributed by atoms with E-state index in [1.54, 1.807) is 7.11 Å². The van der Waals surface area contributed by atoms with E-state index in [0.29, 0.717) is 0 Å². The van der Waals surface area contributed by atoms with E-state index in [0.717, 1.165) is 50.6 Å². The van der Waals surface area contributed by atoms with Gasteiger partial charge < -0.3 is 20.1 Å². The molecule has 0 aliphatic carbocycles. The van der Waals surface area contributed by atoms with Crippen molar-refractivity contribution in [2.75, 3.05) is 33.9 Å². The summed E-state index contributed by atoms with van der Waals surface area (Å²) >= 11 is 0. The SMILES string of the molecule is CCCOc1ccc(CNCCCNC)cc1OC. The van der Waals surface area contributed by atoms with Crippen LogP contribution in [0.25, 0.3) is 0 Å². The average molecular weight is 266 g/mol. The maximum atomic E-state index is 5.64. The Morgan fingerprint density at radius 3 is 2.68 bits per heavy atom. The lowest BCUT2D eigenvalue weighted by atomic mass is 10.2. The topological polar surface area (TPSA) is 42.5 Å². The Balaban J connectivity index is 2.46. The van der Waals surface area contributed by atoms with Gasteiger partial charge in [-0.1, -0.05) is 13.0 Å². The van der Waals surface area contributed by atoms with Crippen molar-refractivity contribution in [1.82, 2.24) is 10.6 Å². The lowest BCUT2D eigenvalue weighted by molar-refractivity contribution is 0.294. The summed E-state index contributed by atoms with van der Waals surface area (Å²) < 4.78 is 11.0. The van der Waals surface area contributed by atoms with Crippen LogP contribution in [0.4, 0.5) is 0 Å². The van der Waals surface area contributed by atoms with Crippen molar-refractivity contribution in [1.29, 1.82) is 0 Å². The third-order valence-electron chi connectivity index (χ3n) is 2.80. The highest BCUT2D eigenvalue weighted by Gasteiger charge is 2.05. The zero-order chi connectivity index (χ0) is 13.9. The van der Waals surface area contributed by atoms with Gasteiger partial charge in [0.2, 0.25) is 0 Å². The highest BCUT2D eigenvalue weighted by Crippen LogP contribution is 2.28. The molecule has 0 aliphatic rings. The molecule has 4 heteroatoms. The van der Waals surface area contributed by atoms with Gasteiger partial charge in [-0.25, -0.2) is 0 Å². The molecule has 0 atom stereocenters. The van der Waals surface area contributed by atoms with Crippen molar-refractivity contribution in [3.63, 3.8) is 0 Å². The average Bonchev–Trinajstić information content (AvgIpc) is 2.45. The van der Waals surface area contributed by atoms with Crippen molar-refractivity contribution in [2.24, 2.45) is 0 Å². The first kappa shape index (κ1) is 15.8. The highest BCUT2D eigenvalue weighted by atomic mass is 16.5. The van der Waals surface area contributed by atoms with E-state index in [9.17, 15) is 0 Å². The van der Waals surface area contributed by atoms with Gasteiger partial charge in [-0.3, -0.25) is 0 Å². The standard InChI is InChI=1S/C15H26N2O2/c1-4-10-19-14-7-6-13(11-15(14)18-3)12-17-9-5-8-16-2/h6-7,11,16-17H,4-5,8-10,12H2,1-3H3. The van der Waals surface area contributed by atoms with Crippen LogP contribution in [0.15, 0.2) is 18.2 Å². The summed E-state index contributed by atoms with van der Waals surface area (Å²) in [6.07, 6.45) is 2.13. The van der Waals surface area contributed by atoms with Crippen LogP contribution in [-0.2, 0) is 6.54 Å². The summed E-state index contributed by atoms with van der Waals surface area (Å²) in [5, 5.41) is 6.55.